The molecule has 0 aliphatic heterocycles. The normalized spacial score (nSPS) is 11.2. The van der Waals surface area contributed by atoms with Gasteiger partial charge in [0.05, 0.1) is 4.90 Å². The van der Waals surface area contributed by atoms with Gasteiger partial charge in [0.15, 0.2) is 0 Å². The molecule has 0 heterocycles. The average molecular weight is 381 g/mol. The summed E-state index contributed by atoms with van der Waals surface area (Å²) in [6.45, 7) is 2.23. The molecule has 1 N–H and O–H groups in total. The van der Waals surface area contributed by atoms with Crippen LogP contribution in [0.15, 0.2) is 23.1 Å². The van der Waals surface area contributed by atoms with E-state index >= 15 is 0 Å². The van der Waals surface area contributed by atoms with Gasteiger partial charge in [-0.3, -0.25) is 4.55 Å². The van der Waals surface area contributed by atoms with E-state index in [-0.39, 0.29) is 62.0 Å². The van der Waals surface area contributed by atoms with Gasteiger partial charge in [-0.15, -0.1) is 5.75 Å². The SMILES string of the molecule is CCCCCCCCCCCCc1ccc(S(=O)(=O)O)cc1[O-].[K+]. The van der Waals surface area contributed by atoms with Crippen LogP contribution in [-0.2, 0) is 16.5 Å². The quantitative estimate of drug-likeness (QED) is 0.338. The number of hydrogen-bond donors (Lipinski definition) is 1. The second kappa shape index (κ2) is 13.7. The van der Waals surface area contributed by atoms with Crippen LogP contribution in [0.3, 0.4) is 0 Å². The first-order chi connectivity index (χ1) is 10.9. The fourth-order valence-corrected chi connectivity index (χ4v) is 3.20. The summed E-state index contributed by atoms with van der Waals surface area (Å²) in [5, 5.41) is 11.8. The van der Waals surface area contributed by atoms with Crippen molar-refractivity contribution in [2.45, 2.75) is 82.4 Å². The predicted octanol–water partition coefficient (Wildman–Crippen LogP) is 1.47. The maximum atomic E-state index is 11.8. The van der Waals surface area contributed by atoms with E-state index < -0.39 is 10.1 Å². The Kier molecular flexibility index (Phi) is 14.1. The van der Waals surface area contributed by atoms with Crippen molar-refractivity contribution in [2.75, 3.05) is 0 Å². The average Bonchev–Trinajstić information content (AvgIpc) is 2.49. The number of aryl methyl sites for hydroxylation is 1. The Morgan fingerprint density at radius 1 is 0.917 bits per heavy atom. The third-order valence-electron chi connectivity index (χ3n) is 4.14. The van der Waals surface area contributed by atoms with Crippen molar-refractivity contribution in [3.05, 3.63) is 23.8 Å². The molecule has 1 rings (SSSR count). The Hall–Kier alpha value is 0.566. The van der Waals surface area contributed by atoms with Crippen molar-refractivity contribution in [1.29, 1.82) is 0 Å². The number of unbranched alkanes of at least 4 members (excludes halogenated alkanes) is 9. The summed E-state index contributed by atoms with van der Waals surface area (Å²) in [5.74, 6) is -0.309. The molecule has 4 nitrogen and oxygen atoms in total. The van der Waals surface area contributed by atoms with Gasteiger partial charge in [0.2, 0.25) is 0 Å². The maximum absolute atomic E-state index is 11.8. The summed E-state index contributed by atoms with van der Waals surface area (Å²) in [5.41, 5.74) is 0.622. The molecule has 132 valence electrons. The molecule has 1 aromatic rings. The molecule has 0 aromatic heterocycles. The molecule has 0 aliphatic carbocycles. The smallest absolute Gasteiger partial charge is 0.872 e. The van der Waals surface area contributed by atoms with Gasteiger partial charge < -0.3 is 5.11 Å². The summed E-state index contributed by atoms with van der Waals surface area (Å²) >= 11 is 0. The molecule has 0 spiro atoms. The zero-order valence-electron chi connectivity index (χ0n) is 15.1. The molecule has 0 saturated heterocycles. The third kappa shape index (κ3) is 10.5. The van der Waals surface area contributed by atoms with E-state index in [1.165, 1.54) is 63.5 Å². The number of benzene rings is 1. The zero-order chi connectivity index (χ0) is 17.1. The van der Waals surface area contributed by atoms with Crippen LogP contribution in [0.4, 0.5) is 0 Å². The minimum atomic E-state index is -4.29. The second-order valence-electron chi connectivity index (χ2n) is 6.18. The number of hydrogen-bond acceptors (Lipinski definition) is 3. The van der Waals surface area contributed by atoms with Crippen molar-refractivity contribution < 1.29 is 69.5 Å². The van der Waals surface area contributed by atoms with Gasteiger partial charge in [-0.25, -0.2) is 0 Å². The van der Waals surface area contributed by atoms with Crippen molar-refractivity contribution >= 4 is 10.1 Å². The summed E-state index contributed by atoms with van der Waals surface area (Å²) in [7, 11) is -4.29. The van der Waals surface area contributed by atoms with Crippen LogP contribution < -0.4 is 56.5 Å². The predicted molar refractivity (Wildman–Crippen MR) is 91.3 cm³/mol. The second-order valence-corrected chi connectivity index (χ2v) is 7.60. The van der Waals surface area contributed by atoms with Crippen molar-refractivity contribution in [3.63, 3.8) is 0 Å². The van der Waals surface area contributed by atoms with E-state index in [0.29, 0.717) is 12.0 Å². The van der Waals surface area contributed by atoms with Gasteiger partial charge in [0, 0.05) is 0 Å². The van der Waals surface area contributed by atoms with Crippen LogP contribution in [0.5, 0.6) is 5.75 Å². The summed E-state index contributed by atoms with van der Waals surface area (Å²) in [6, 6.07) is 3.81. The van der Waals surface area contributed by atoms with Crippen LogP contribution >= 0.6 is 0 Å². The van der Waals surface area contributed by atoms with Crippen LogP contribution in [0.25, 0.3) is 0 Å². The maximum Gasteiger partial charge on any atom is 1.00 e. The topological polar surface area (TPSA) is 77.4 Å². The van der Waals surface area contributed by atoms with Gasteiger partial charge in [-0.2, -0.15) is 8.42 Å². The van der Waals surface area contributed by atoms with Crippen LogP contribution in [0.1, 0.15) is 76.7 Å². The first-order valence-electron chi connectivity index (χ1n) is 8.72. The van der Waals surface area contributed by atoms with E-state index in [1.54, 1.807) is 0 Å². The molecule has 0 fully saturated rings. The van der Waals surface area contributed by atoms with Gasteiger partial charge >= 0.3 is 51.4 Å². The van der Waals surface area contributed by atoms with E-state index in [2.05, 4.69) is 6.92 Å². The molecule has 0 radical (unpaired) electrons. The van der Waals surface area contributed by atoms with E-state index in [9.17, 15) is 13.5 Å². The summed E-state index contributed by atoms with van der Waals surface area (Å²) in [4.78, 5) is -0.325. The largest absolute Gasteiger partial charge is 1.00 e. The number of rotatable bonds is 12. The summed E-state index contributed by atoms with van der Waals surface area (Å²) < 4.78 is 30.8. The van der Waals surface area contributed by atoms with Gasteiger partial charge in [0.25, 0.3) is 10.1 Å². The fraction of sp³-hybridized carbons (Fsp3) is 0.667. The molecule has 1 aromatic carbocycles. The fourth-order valence-electron chi connectivity index (χ4n) is 2.70. The first kappa shape index (κ1) is 24.6. The molecule has 0 saturated carbocycles. The Morgan fingerprint density at radius 3 is 1.88 bits per heavy atom. The Bertz CT molecular complexity index is 558. The molecule has 0 unspecified atom stereocenters. The van der Waals surface area contributed by atoms with Crippen LogP contribution in [-0.4, -0.2) is 13.0 Å². The van der Waals surface area contributed by atoms with Gasteiger partial charge in [-0.1, -0.05) is 76.3 Å². The van der Waals surface area contributed by atoms with E-state index in [1.807, 2.05) is 0 Å². The minimum Gasteiger partial charge on any atom is -0.872 e. The minimum absolute atomic E-state index is 0. The first-order valence-corrected chi connectivity index (χ1v) is 10.2. The van der Waals surface area contributed by atoms with Crippen molar-refractivity contribution in [1.82, 2.24) is 0 Å². The zero-order valence-corrected chi connectivity index (χ0v) is 19.0. The molecule has 24 heavy (non-hydrogen) atoms. The van der Waals surface area contributed by atoms with E-state index in [0.717, 1.165) is 18.9 Å². The molecule has 0 atom stereocenters. The Morgan fingerprint density at radius 2 is 1.42 bits per heavy atom. The summed E-state index contributed by atoms with van der Waals surface area (Å²) in [6.07, 6.45) is 13.1. The van der Waals surface area contributed by atoms with Gasteiger partial charge in [0.1, 0.15) is 0 Å². The molecule has 0 aliphatic rings. The molecule has 0 bridgehead atoms. The monoisotopic (exact) mass is 380 g/mol. The van der Waals surface area contributed by atoms with E-state index in [4.69, 9.17) is 4.55 Å². The molecular formula is C18H29KO4S. The standard InChI is InChI=1S/C18H30O4S.K/c1-2-3-4-5-6-7-8-9-10-11-12-16-13-14-17(15-18(16)19)23(20,21)22;/h13-15,19H,2-12H2,1H3,(H,20,21,22);/q;+1/p-1. The molecule has 0 amide bonds. The van der Waals surface area contributed by atoms with Crippen LogP contribution in [0, 0.1) is 0 Å². The van der Waals surface area contributed by atoms with Crippen LogP contribution in [0.2, 0.25) is 0 Å². The molecular weight excluding hydrogens is 351 g/mol. The third-order valence-corrected chi connectivity index (χ3v) is 4.99. The Labute approximate surface area is 189 Å². The molecule has 6 heteroatoms. The van der Waals surface area contributed by atoms with Gasteiger partial charge in [-0.05, 0) is 25.0 Å². The van der Waals surface area contributed by atoms with Crippen molar-refractivity contribution in [3.8, 4) is 5.75 Å². The van der Waals surface area contributed by atoms with Crippen molar-refractivity contribution in [2.24, 2.45) is 0 Å². The Balaban J connectivity index is 0.00000529.